The summed E-state index contributed by atoms with van der Waals surface area (Å²) in [6, 6.07) is 14.7. The van der Waals surface area contributed by atoms with Gasteiger partial charge in [0.1, 0.15) is 0 Å². The largest absolute Gasteiger partial charge is 0.244 e. The molecule has 0 bridgehead atoms. The van der Waals surface area contributed by atoms with E-state index in [9.17, 15) is 8.42 Å². The standard InChI is InChI=1S/C15H16BrNO2S/c1-12-6-5-7-13(10-12)11-17(2)20(18,19)15-9-4-3-8-14(15)16/h3-10H,11H2,1-2H3. The number of halogens is 1. The van der Waals surface area contributed by atoms with Crippen LogP contribution in [0.25, 0.3) is 0 Å². The molecule has 0 heterocycles. The van der Waals surface area contributed by atoms with E-state index in [2.05, 4.69) is 15.9 Å². The zero-order chi connectivity index (χ0) is 14.8. The molecule has 0 unspecified atom stereocenters. The second kappa shape index (κ2) is 6.08. The van der Waals surface area contributed by atoms with Gasteiger partial charge in [-0.2, -0.15) is 4.31 Å². The molecule has 0 saturated carbocycles. The average molecular weight is 354 g/mol. The van der Waals surface area contributed by atoms with Crippen LogP contribution in [-0.2, 0) is 16.6 Å². The molecule has 5 heteroatoms. The maximum Gasteiger partial charge on any atom is 0.244 e. The van der Waals surface area contributed by atoms with E-state index < -0.39 is 10.0 Å². The van der Waals surface area contributed by atoms with Crippen molar-refractivity contribution in [1.29, 1.82) is 0 Å². The number of rotatable bonds is 4. The highest BCUT2D eigenvalue weighted by atomic mass is 79.9. The van der Waals surface area contributed by atoms with Crippen molar-refractivity contribution >= 4 is 26.0 Å². The predicted octanol–water partition coefficient (Wildman–Crippen LogP) is 3.58. The summed E-state index contributed by atoms with van der Waals surface area (Å²) in [5.41, 5.74) is 2.09. The molecule has 0 radical (unpaired) electrons. The van der Waals surface area contributed by atoms with Crippen LogP contribution in [0.15, 0.2) is 57.9 Å². The van der Waals surface area contributed by atoms with E-state index in [1.807, 2.05) is 31.2 Å². The Morgan fingerprint density at radius 1 is 1.10 bits per heavy atom. The minimum Gasteiger partial charge on any atom is -0.207 e. The summed E-state index contributed by atoms with van der Waals surface area (Å²) in [5.74, 6) is 0. The predicted molar refractivity (Wildman–Crippen MR) is 84.0 cm³/mol. The highest BCUT2D eigenvalue weighted by Crippen LogP contribution is 2.24. The average Bonchev–Trinajstić information content (AvgIpc) is 2.39. The van der Waals surface area contributed by atoms with Crippen LogP contribution in [0.2, 0.25) is 0 Å². The molecular formula is C15H16BrNO2S. The highest BCUT2D eigenvalue weighted by Gasteiger charge is 2.22. The third-order valence-corrected chi connectivity index (χ3v) is 5.83. The monoisotopic (exact) mass is 353 g/mol. The first-order valence-electron chi connectivity index (χ1n) is 6.17. The molecule has 0 spiro atoms. The van der Waals surface area contributed by atoms with E-state index >= 15 is 0 Å². The molecule has 2 aromatic carbocycles. The maximum atomic E-state index is 12.5. The van der Waals surface area contributed by atoms with Gasteiger partial charge in [-0.1, -0.05) is 42.0 Å². The van der Waals surface area contributed by atoms with Gasteiger partial charge in [0.15, 0.2) is 0 Å². The molecule has 106 valence electrons. The van der Waals surface area contributed by atoms with E-state index in [-0.39, 0.29) is 4.90 Å². The zero-order valence-corrected chi connectivity index (χ0v) is 13.8. The van der Waals surface area contributed by atoms with Crippen molar-refractivity contribution in [2.75, 3.05) is 7.05 Å². The van der Waals surface area contributed by atoms with Crippen molar-refractivity contribution in [3.63, 3.8) is 0 Å². The van der Waals surface area contributed by atoms with Crippen molar-refractivity contribution in [2.24, 2.45) is 0 Å². The fraction of sp³-hybridized carbons (Fsp3) is 0.200. The molecule has 0 saturated heterocycles. The Labute approximate surface area is 128 Å². The molecule has 0 aliphatic rings. The molecule has 0 aliphatic carbocycles. The number of benzene rings is 2. The normalized spacial score (nSPS) is 11.8. The van der Waals surface area contributed by atoms with Gasteiger partial charge in [0.2, 0.25) is 10.0 Å². The van der Waals surface area contributed by atoms with Gasteiger partial charge in [-0.25, -0.2) is 8.42 Å². The van der Waals surface area contributed by atoms with Crippen LogP contribution in [0.3, 0.4) is 0 Å². The molecule has 0 aliphatic heterocycles. The molecule has 2 aromatic rings. The molecule has 2 rings (SSSR count). The lowest BCUT2D eigenvalue weighted by molar-refractivity contribution is 0.466. The summed E-state index contributed by atoms with van der Waals surface area (Å²) in [6.07, 6.45) is 0. The van der Waals surface area contributed by atoms with Crippen molar-refractivity contribution < 1.29 is 8.42 Å². The quantitative estimate of drug-likeness (QED) is 0.842. The van der Waals surface area contributed by atoms with E-state index in [0.29, 0.717) is 11.0 Å². The Kier molecular flexibility index (Phi) is 4.62. The fourth-order valence-corrected chi connectivity index (χ4v) is 4.09. The zero-order valence-electron chi connectivity index (χ0n) is 11.4. The smallest absolute Gasteiger partial charge is 0.207 e. The molecule has 20 heavy (non-hydrogen) atoms. The summed E-state index contributed by atoms with van der Waals surface area (Å²) >= 11 is 3.29. The second-order valence-electron chi connectivity index (χ2n) is 4.68. The van der Waals surface area contributed by atoms with Gasteiger partial charge in [-0.15, -0.1) is 0 Å². The van der Waals surface area contributed by atoms with E-state index in [4.69, 9.17) is 0 Å². The number of hydrogen-bond acceptors (Lipinski definition) is 2. The Morgan fingerprint density at radius 3 is 2.45 bits per heavy atom. The Balaban J connectivity index is 2.29. The van der Waals surface area contributed by atoms with E-state index in [1.54, 1.807) is 31.3 Å². The minimum absolute atomic E-state index is 0.287. The number of sulfonamides is 1. The Morgan fingerprint density at radius 2 is 1.80 bits per heavy atom. The molecule has 0 N–H and O–H groups in total. The van der Waals surface area contributed by atoms with Crippen LogP contribution in [0.5, 0.6) is 0 Å². The Hall–Kier alpha value is -1.17. The van der Waals surface area contributed by atoms with Crippen LogP contribution in [0, 0.1) is 6.92 Å². The summed E-state index contributed by atoms with van der Waals surface area (Å²) in [4.78, 5) is 0.287. The molecule has 0 amide bonds. The van der Waals surface area contributed by atoms with Crippen molar-refractivity contribution in [1.82, 2.24) is 4.31 Å². The SMILES string of the molecule is Cc1cccc(CN(C)S(=O)(=O)c2ccccc2Br)c1. The summed E-state index contributed by atoms with van der Waals surface area (Å²) in [6.45, 7) is 2.34. The third-order valence-electron chi connectivity index (χ3n) is 3.01. The van der Waals surface area contributed by atoms with Crippen molar-refractivity contribution in [3.8, 4) is 0 Å². The molecule has 3 nitrogen and oxygen atoms in total. The Bertz CT molecular complexity index is 713. The summed E-state index contributed by atoms with van der Waals surface area (Å²) in [5, 5.41) is 0. The minimum atomic E-state index is -3.49. The lowest BCUT2D eigenvalue weighted by Crippen LogP contribution is -2.26. The first-order valence-corrected chi connectivity index (χ1v) is 8.41. The lowest BCUT2D eigenvalue weighted by atomic mass is 10.1. The van der Waals surface area contributed by atoms with Crippen LogP contribution >= 0.6 is 15.9 Å². The number of hydrogen-bond donors (Lipinski definition) is 0. The van der Waals surface area contributed by atoms with Crippen LogP contribution < -0.4 is 0 Å². The second-order valence-corrected chi connectivity index (χ2v) is 7.55. The lowest BCUT2D eigenvalue weighted by Gasteiger charge is -2.18. The van der Waals surface area contributed by atoms with Gasteiger partial charge in [0, 0.05) is 18.1 Å². The summed E-state index contributed by atoms with van der Waals surface area (Å²) < 4.78 is 27.0. The highest BCUT2D eigenvalue weighted by molar-refractivity contribution is 9.10. The van der Waals surface area contributed by atoms with E-state index in [1.165, 1.54) is 4.31 Å². The van der Waals surface area contributed by atoms with Crippen LogP contribution in [0.1, 0.15) is 11.1 Å². The van der Waals surface area contributed by atoms with Gasteiger partial charge in [-0.05, 0) is 40.5 Å². The van der Waals surface area contributed by atoms with Crippen molar-refractivity contribution in [3.05, 3.63) is 64.1 Å². The third kappa shape index (κ3) is 3.29. The van der Waals surface area contributed by atoms with Crippen LogP contribution in [-0.4, -0.2) is 19.8 Å². The first-order chi connectivity index (χ1) is 9.41. The van der Waals surface area contributed by atoms with Gasteiger partial charge in [-0.3, -0.25) is 0 Å². The van der Waals surface area contributed by atoms with Gasteiger partial charge < -0.3 is 0 Å². The van der Waals surface area contributed by atoms with E-state index in [0.717, 1.165) is 11.1 Å². The molecule has 0 atom stereocenters. The molecular weight excluding hydrogens is 338 g/mol. The van der Waals surface area contributed by atoms with Crippen LogP contribution in [0.4, 0.5) is 0 Å². The van der Waals surface area contributed by atoms with Gasteiger partial charge >= 0.3 is 0 Å². The first kappa shape index (κ1) is 15.2. The van der Waals surface area contributed by atoms with Crippen molar-refractivity contribution in [2.45, 2.75) is 18.4 Å². The molecule has 0 aromatic heterocycles. The number of aryl methyl sites for hydroxylation is 1. The van der Waals surface area contributed by atoms with Gasteiger partial charge in [0.05, 0.1) is 4.90 Å². The summed E-state index contributed by atoms with van der Waals surface area (Å²) in [7, 11) is -1.90. The van der Waals surface area contributed by atoms with Gasteiger partial charge in [0.25, 0.3) is 0 Å². The fourth-order valence-electron chi connectivity index (χ4n) is 1.97. The maximum absolute atomic E-state index is 12.5. The number of nitrogens with zero attached hydrogens (tertiary/aromatic N) is 1. The molecule has 0 fully saturated rings. The topological polar surface area (TPSA) is 37.4 Å².